The van der Waals surface area contributed by atoms with Gasteiger partial charge in [0, 0.05) is 31.5 Å². The Labute approximate surface area is 231 Å². The zero-order valence-electron chi connectivity index (χ0n) is 21.9. The first kappa shape index (κ1) is 27.7. The summed E-state index contributed by atoms with van der Waals surface area (Å²) in [6.07, 6.45) is 1.82. The van der Waals surface area contributed by atoms with Gasteiger partial charge in [-0.05, 0) is 19.8 Å². The van der Waals surface area contributed by atoms with Crippen LogP contribution in [0.15, 0.2) is 29.8 Å². The summed E-state index contributed by atoms with van der Waals surface area (Å²) in [5.41, 5.74) is 0.647. The molecule has 214 valence electrons. The highest BCUT2D eigenvalue weighted by Gasteiger charge is 2.51. The van der Waals surface area contributed by atoms with Gasteiger partial charge in [-0.2, -0.15) is 18.4 Å². The van der Waals surface area contributed by atoms with Gasteiger partial charge in [-0.25, -0.2) is 29.6 Å². The quantitative estimate of drug-likeness (QED) is 0.499. The summed E-state index contributed by atoms with van der Waals surface area (Å²) < 4.78 is 40.0. The van der Waals surface area contributed by atoms with Crippen LogP contribution in [0.2, 0.25) is 0 Å². The van der Waals surface area contributed by atoms with Crippen molar-refractivity contribution in [3.63, 3.8) is 0 Å². The largest absolute Gasteiger partial charge is 0.408 e. The van der Waals surface area contributed by atoms with Crippen LogP contribution in [0.4, 0.5) is 29.7 Å². The second-order valence-corrected chi connectivity index (χ2v) is 9.67. The van der Waals surface area contributed by atoms with Gasteiger partial charge in [-0.15, -0.1) is 0 Å². The molecule has 1 N–H and O–H groups in total. The summed E-state index contributed by atoms with van der Waals surface area (Å²) >= 11 is 0. The molecule has 17 heteroatoms. The Morgan fingerprint density at radius 1 is 1.22 bits per heavy atom. The first-order valence-electron chi connectivity index (χ1n) is 12.6. The molecule has 2 fully saturated rings. The summed E-state index contributed by atoms with van der Waals surface area (Å²) in [6, 6.07) is -2.43. The Bertz CT molecular complexity index is 1430. The average molecular weight is 572 g/mol. The maximum atomic E-state index is 13.3. The van der Waals surface area contributed by atoms with Gasteiger partial charge < -0.3 is 20.0 Å². The van der Waals surface area contributed by atoms with Gasteiger partial charge in [0.25, 0.3) is 5.91 Å². The van der Waals surface area contributed by atoms with E-state index in [0.717, 1.165) is 9.80 Å². The van der Waals surface area contributed by atoms with Crippen LogP contribution in [0.25, 0.3) is 11.3 Å². The molecule has 2 unspecified atom stereocenters. The van der Waals surface area contributed by atoms with E-state index >= 15 is 0 Å². The monoisotopic (exact) mass is 571 g/mol. The van der Waals surface area contributed by atoms with Crippen LogP contribution in [0, 0.1) is 11.3 Å². The van der Waals surface area contributed by atoms with E-state index < -0.39 is 54.9 Å². The lowest BCUT2D eigenvalue weighted by Gasteiger charge is -2.41. The molecular weight excluding hydrogens is 547 g/mol. The number of nitrogens with one attached hydrogen (secondary N) is 1. The molecule has 5 heterocycles. The van der Waals surface area contributed by atoms with Crippen molar-refractivity contribution in [3.05, 3.63) is 24.8 Å². The molecule has 0 saturated carbocycles. The molecule has 0 aromatic carbocycles. The molecule has 2 saturated heterocycles. The first-order valence-corrected chi connectivity index (χ1v) is 12.6. The number of amides is 4. The number of alkyl halides is 3. The predicted molar refractivity (Wildman–Crippen MR) is 136 cm³/mol. The Morgan fingerprint density at radius 3 is 2.63 bits per heavy atom. The second kappa shape index (κ2) is 10.6. The van der Waals surface area contributed by atoms with Crippen LogP contribution in [-0.4, -0.2) is 109 Å². The van der Waals surface area contributed by atoms with E-state index in [1.807, 2.05) is 0 Å². The highest BCUT2D eigenvalue weighted by atomic mass is 19.4. The van der Waals surface area contributed by atoms with Crippen LogP contribution in [0.3, 0.4) is 0 Å². The third-order valence-electron chi connectivity index (χ3n) is 7.17. The molecule has 0 spiro atoms. The molecule has 4 amide bonds. The summed E-state index contributed by atoms with van der Waals surface area (Å²) in [4.78, 5) is 64.0. The third kappa shape index (κ3) is 5.08. The number of hydrogen-bond acceptors (Lipinski definition) is 11. The number of carbonyl (C=O) groups excluding carboxylic acids is 3. The number of urea groups is 1. The predicted octanol–water partition coefficient (Wildman–Crippen LogP) is 1.25. The van der Waals surface area contributed by atoms with Crippen molar-refractivity contribution in [3.8, 4) is 17.3 Å². The number of carbonyl (C=O) groups is 3. The highest BCUT2D eigenvalue weighted by molar-refractivity contribution is 6.03. The standard InChI is InChI=1S/C24H24F3N11O3/c1-13(38-12-32-19-18(38)21(40)37(7-5-28)23(41)35(19)2)20(39)34-17-11-29-10-15(33-17)14-8-30-22(31-9-14)36-6-3-4-16(36)24(25,26)27/h8-13,16,18-19H,3-4,6-7H2,1-2H3,(H,33,34,39)/t13-,16-,18?,19?/m0/s1. The van der Waals surface area contributed by atoms with Gasteiger partial charge >= 0.3 is 12.2 Å². The van der Waals surface area contributed by atoms with Crippen LogP contribution >= 0.6 is 0 Å². The summed E-state index contributed by atoms with van der Waals surface area (Å²) in [5, 5.41) is 11.7. The Kier molecular flexibility index (Phi) is 7.15. The minimum absolute atomic E-state index is 0.0218. The van der Waals surface area contributed by atoms with Crippen LogP contribution in [0.5, 0.6) is 0 Å². The lowest BCUT2D eigenvalue weighted by atomic mass is 10.1. The van der Waals surface area contributed by atoms with Crippen molar-refractivity contribution in [1.82, 2.24) is 34.6 Å². The number of nitrogens with zero attached hydrogens (tertiary/aromatic N) is 10. The number of nitriles is 1. The van der Waals surface area contributed by atoms with Gasteiger partial charge in [-0.1, -0.05) is 0 Å². The third-order valence-corrected chi connectivity index (χ3v) is 7.17. The highest BCUT2D eigenvalue weighted by Crippen LogP contribution is 2.34. The Morgan fingerprint density at radius 2 is 1.95 bits per heavy atom. The molecule has 5 rings (SSSR count). The SMILES string of the molecule is C[C@@H](C(=O)Nc1cncc(-c2cnc(N3CCC[C@H]3C(F)(F)F)nc2)n1)N1C=NC2C1C(=O)N(CC#N)C(=O)N2C. The van der Waals surface area contributed by atoms with Crippen LogP contribution < -0.4 is 10.2 Å². The van der Waals surface area contributed by atoms with E-state index in [2.05, 4.69) is 30.2 Å². The molecule has 14 nitrogen and oxygen atoms in total. The van der Waals surface area contributed by atoms with Crippen molar-refractivity contribution in [2.24, 2.45) is 4.99 Å². The van der Waals surface area contributed by atoms with Crippen LogP contribution in [0.1, 0.15) is 19.8 Å². The van der Waals surface area contributed by atoms with E-state index in [-0.39, 0.29) is 30.4 Å². The lowest BCUT2D eigenvalue weighted by Crippen LogP contribution is -2.66. The van der Waals surface area contributed by atoms with Crippen LogP contribution in [-0.2, 0) is 9.59 Å². The van der Waals surface area contributed by atoms with Crippen molar-refractivity contribution in [2.75, 3.05) is 30.4 Å². The normalized spacial score (nSPS) is 23.1. The molecule has 0 radical (unpaired) electrons. The Balaban J connectivity index is 1.28. The number of hydrogen-bond donors (Lipinski definition) is 1. The van der Waals surface area contributed by atoms with Gasteiger partial charge in [0.15, 0.2) is 18.0 Å². The minimum atomic E-state index is -4.39. The number of fused-ring (bicyclic) bond motifs is 1. The molecule has 0 bridgehead atoms. The van der Waals surface area contributed by atoms with Crippen molar-refractivity contribution in [1.29, 1.82) is 5.26 Å². The maximum Gasteiger partial charge on any atom is 0.408 e. The van der Waals surface area contributed by atoms with Crippen molar-refractivity contribution in [2.45, 2.75) is 50.2 Å². The van der Waals surface area contributed by atoms with Crippen molar-refractivity contribution >= 4 is 36.0 Å². The van der Waals surface area contributed by atoms with E-state index in [4.69, 9.17) is 5.26 Å². The summed E-state index contributed by atoms with van der Waals surface area (Å²) in [7, 11) is 1.46. The maximum absolute atomic E-state index is 13.3. The number of halogens is 3. The Hall–Kier alpha value is -4.88. The second-order valence-electron chi connectivity index (χ2n) is 9.67. The molecule has 4 atom stereocenters. The zero-order valence-corrected chi connectivity index (χ0v) is 21.9. The van der Waals surface area contributed by atoms with E-state index in [1.54, 1.807) is 13.0 Å². The fourth-order valence-corrected chi connectivity index (χ4v) is 5.01. The molecule has 2 aromatic heterocycles. The first-order chi connectivity index (χ1) is 19.5. The van der Waals surface area contributed by atoms with E-state index in [1.165, 1.54) is 48.0 Å². The molecule has 41 heavy (non-hydrogen) atoms. The lowest BCUT2D eigenvalue weighted by molar-refractivity contribution is -0.146. The number of anilines is 2. The topological polar surface area (TPSA) is 164 Å². The van der Waals surface area contributed by atoms with Gasteiger partial charge in [0.05, 0.1) is 30.5 Å². The van der Waals surface area contributed by atoms with Crippen molar-refractivity contribution < 1.29 is 27.6 Å². The van der Waals surface area contributed by atoms with Gasteiger partial charge in [0.2, 0.25) is 11.9 Å². The van der Waals surface area contributed by atoms with E-state index in [0.29, 0.717) is 12.0 Å². The number of likely N-dealkylation sites (N-methyl/N-ethyl adjacent to an activating group) is 1. The summed E-state index contributed by atoms with van der Waals surface area (Å²) in [6.45, 7) is 1.30. The average Bonchev–Trinajstić information content (AvgIpc) is 3.62. The van der Waals surface area contributed by atoms with E-state index in [9.17, 15) is 27.6 Å². The fourth-order valence-electron chi connectivity index (χ4n) is 5.01. The molecule has 2 aromatic rings. The molecule has 3 aliphatic heterocycles. The minimum Gasteiger partial charge on any atom is -0.335 e. The number of rotatable bonds is 6. The summed E-state index contributed by atoms with van der Waals surface area (Å²) in [5.74, 6) is -1.16. The number of imide groups is 1. The number of aliphatic imine (C=N–C) groups is 1. The number of aromatic nitrogens is 4. The zero-order chi connectivity index (χ0) is 29.5. The smallest absolute Gasteiger partial charge is 0.335 e. The molecule has 3 aliphatic rings. The van der Waals surface area contributed by atoms with Gasteiger partial charge in [0.1, 0.15) is 18.6 Å². The molecule has 0 aliphatic carbocycles. The fraction of sp³-hybridized carbons (Fsp3) is 0.458. The molecular formula is C24H24F3N11O3. The van der Waals surface area contributed by atoms with Gasteiger partial charge in [-0.3, -0.25) is 14.6 Å².